The van der Waals surface area contributed by atoms with Crippen LogP contribution in [0.25, 0.3) is 0 Å². The maximum atomic E-state index is 11.2. The second-order valence-corrected chi connectivity index (χ2v) is 7.50. The molecule has 1 aromatic carbocycles. The van der Waals surface area contributed by atoms with Gasteiger partial charge in [-0.2, -0.15) is 0 Å². The van der Waals surface area contributed by atoms with Crippen molar-refractivity contribution in [3.8, 4) is 0 Å². The van der Waals surface area contributed by atoms with Gasteiger partial charge in [0.15, 0.2) is 0 Å². The Morgan fingerprint density at radius 3 is 3.05 bits per heavy atom. The average Bonchev–Trinajstić information content (AvgIpc) is 3.13. The highest BCUT2D eigenvalue weighted by Gasteiger charge is 2.40. The van der Waals surface area contributed by atoms with Gasteiger partial charge in [-0.1, -0.05) is 17.7 Å². The van der Waals surface area contributed by atoms with Crippen LogP contribution in [0.2, 0.25) is 5.02 Å². The fourth-order valence-corrected chi connectivity index (χ4v) is 5.30. The topological polar surface area (TPSA) is 55.5 Å². The molecule has 3 aliphatic rings. The Morgan fingerprint density at radius 2 is 2.23 bits per heavy atom. The van der Waals surface area contributed by atoms with Crippen LogP contribution in [0, 0.1) is 16.0 Å². The lowest BCUT2D eigenvalue weighted by Crippen LogP contribution is -2.22. The standard InChI is InChI=1S/C16H15ClN2O2S/c17-11-5-4-9(8-14(11)19(20)21)15-10-2-1-3-12(10)18-13-6-7-22-16(13)15/h4-5,8,10,15H,1-3,6-7H2. The third kappa shape index (κ3) is 2.18. The minimum atomic E-state index is -0.393. The summed E-state index contributed by atoms with van der Waals surface area (Å²) in [6.07, 6.45) is 4.37. The largest absolute Gasteiger partial charge is 0.288 e. The lowest BCUT2D eigenvalue weighted by atomic mass is 9.81. The first-order valence-corrected chi connectivity index (χ1v) is 8.88. The summed E-state index contributed by atoms with van der Waals surface area (Å²) in [5.74, 6) is 1.71. The van der Waals surface area contributed by atoms with Crippen molar-refractivity contribution in [3.63, 3.8) is 0 Å². The molecule has 2 atom stereocenters. The molecule has 0 aromatic heterocycles. The first-order valence-electron chi connectivity index (χ1n) is 7.52. The van der Waals surface area contributed by atoms with Crippen LogP contribution in [-0.2, 0) is 0 Å². The molecule has 2 heterocycles. The van der Waals surface area contributed by atoms with E-state index in [2.05, 4.69) is 0 Å². The van der Waals surface area contributed by atoms with E-state index >= 15 is 0 Å². The van der Waals surface area contributed by atoms with Gasteiger partial charge in [0, 0.05) is 34.3 Å². The maximum absolute atomic E-state index is 11.2. The van der Waals surface area contributed by atoms with Crippen molar-refractivity contribution < 1.29 is 4.92 Å². The molecule has 0 amide bonds. The second-order valence-electron chi connectivity index (χ2n) is 5.96. The SMILES string of the molecule is O=[N+]([O-])c1cc(C2C3=C(CCS3)N=C3CCCC32)ccc1Cl. The van der Waals surface area contributed by atoms with Gasteiger partial charge in [0.25, 0.3) is 5.69 Å². The van der Waals surface area contributed by atoms with Gasteiger partial charge in [0.1, 0.15) is 5.02 Å². The molecule has 0 bridgehead atoms. The smallest absolute Gasteiger partial charge is 0.261 e. The molecule has 6 heteroatoms. The van der Waals surface area contributed by atoms with Gasteiger partial charge in [0.2, 0.25) is 0 Å². The summed E-state index contributed by atoms with van der Waals surface area (Å²) < 4.78 is 0. The molecule has 0 N–H and O–H groups in total. The fourth-order valence-electron chi connectivity index (χ4n) is 3.80. The number of aliphatic imine (C=N–C) groups is 1. The number of fused-ring (bicyclic) bond motifs is 1. The van der Waals surface area contributed by atoms with Crippen LogP contribution < -0.4 is 0 Å². The average molecular weight is 335 g/mol. The molecule has 1 aliphatic carbocycles. The number of nitrogens with zero attached hydrogens (tertiary/aromatic N) is 2. The Kier molecular flexibility index (Phi) is 3.50. The Balaban J connectivity index is 1.82. The van der Waals surface area contributed by atoms with Crippen molar-refractivity contribution in [1.82, 2.24) is 0 Å². The number of hydrogen-bond acceptors (Lipinski definition) is 4. The molecule has 4 nitrogen and oxygen atoms in total. The zero-order valence-electron chi connectivity index (χ0n) is 11.9. The predicted molar refractivity (Wildman–Crippen MR) is 89.7 cm³/mol. The molecule has 22 heavy (non-hydrogen) atoms. The Morgan fingerprint density at radius 1 is 1.36 bits per heavy atom. The third-order valence-corrected chi connectivity index (χ3v) is 6.27. The van der Waals surface area contributed by atoms with Gasteiger partial charge in [-0.05, 0) is 37.3 Å². The highest BCUT2D eigenvalue weighted by Crippen LogP contribution is 2.52. The van der Waals surface area contributed by atoms with E-state index in [9.17, 15) is 10.1 Å². The summed E-state index contributed by atoms with van der Waals surface area (Å²) in [4.78, 5) is 17.0. The minimum absolute atomic E-state index is 0.00590. The second kappa shape index (κ2) is 5.39. The van der Waals surface area contributed by atoms with E-state index in [1.807, 2.05) is 17.8 Å². The summed E-state index contributed by atoms with van der Waals surface area (Å²) >= 11 is 7.84. The Labute approximate surface area is 137 Å². The summed E-state index contributed by atoms with van der Waals surface area (Å²) in [7, 11) is 0. The molecular formula is C16H15ClN2O2S. The quantitative estimate of drug-likeness (QED) is 0.569. The van der Waals surface area contributed by atoms with Crippen molar-refractivity contribution in [1.29, 1.82) is 0 Å². The van der Waals surface area contributed by atoms with Crippen molar-refractivity contribution in [2.75, 3.05) is 5.75 Å². The van der Waals surface area contributed by atoms with Crippen LogP contribution in [0.15, 0.2) is 33.8 Å². The van der Waals surface area contributed by atoms with Crippen molar-refractivity contribution in [2.45, 2.75) is 31.6 Å². The van der Waals surface area contributed by atoms with Gasteiger partial charge >= 0.3 is 0 Å². The summed E-state index contributed by atoms with van der Waals surface area (Å²) in [6, 6.07) is 5.28. The van der Waals surface area contributed by atoms with Crippen LogP contribution in [0.1, 0.15) is 37.2 Å². The monoisotopic (exact) mass is 334 g/mol. The number of nitro groups is 1. The molecule has 1 fully saturated rings. The highest BCUT2D eigenvalue weighted by molar-refractivity contribution is 8.03. The van der Waals surface area contributed by atoms with Gasteiger partial charge in [0.05, 0.1) is 10.6 Å². The van der Waals surface area contributed by atoms with Crippen LogP contribution >= 0.6 is 23.4 Å². The van der Waals surface area contributed by atoms with Crippen LogP contribution in [0.3, 0.4) is 0 Å². The molecule has 0 radical (unpaired) electrons. The van der Waals surface area contributed by atoms with E-state index in [-0.39, 0.29) is 16.6 Å². The molecule has 0 spiro atoms. The predicted octanol–water partition coefficient (Wildman–Crippen LogP) is 4.94. The van der Waals surface area contributed by atoms with E-state index in [0.29, 0.717) is 5.92 Å². The van der Waals surface area contributed by atoms with Gasteiger partial charge < -0.3 is 0 Å². The first kappa shape index (κ1) is 14.3. The number of hydrogen-bond donors (Lipinski definition) is 0. The van der Waals surface area contributed by atoms with Crippen LogP contribution in [0.5, 0.6) is 0 Å². The minimum Gasteiger partial charge on any atom is -0.261 e. The van der Waals surface area contributed by atoms with Crippen molar-refractivity contribution in [2.24, 2.45) is 10.9 Å². The number of thioether (sulfide) groups is 1. The third-order valence-electron chi connectivity index (χ3n) is 4.75. The fraction of sp³-hybridized carbons (Fsp3) is 0.438. The van der Waals surface area contributed by atoms with E-state index < -0.39 is 4.92 Å². The molecule has 2 aliphatic heterocycles. The Bertz CT molecular complexity index is 729. The van der Waals surface area contributed by atoms with E-state index in [1.165, 1.54) is 22.7 Å². The van der Waals surface area contributed by atoms with Gasteiger partial charge in [-0.25, -0.2) is 0 Å². The zero-order chi connectivity index (χ0) is 15.3. The van der Waals surface area contributed by atoms with E-state index in [0.717, 1.165) is 30.6 Å². The first-order chi connectivity index (χ1) is 10.6. The lowest BCUT2D eigenvalue weighted by Gasteiger charge is -2.29. The van der Waals surface area contributed by atoms with Crippen LogP contribution in [0.4, 0.5) is 5.69 Å². The van der Waals surface area contributed by atoms with Gasteiger partial charge in [-0.3, -0.25) is 15.1 Å². The van der Waals surface area contributed by atoms with E-state index in [4.69, 9.17) is 16.6 Å². The van der Waals surface area contributed by atoms with Crippen molar-refractivity contribution in [3.05, 3.63) is 49.5 Å². The molecule has 114 valence electrons. The molecule has 2 unspecified atom stereocenters. The van der Waals surface area contributed by atoms with E-state index in [1.54, 1.807) is 12.1 Å². The van der Waals surface area contributed by atoms with Gasteiger partial charge in [-0.15, -0.1) is 11.8 Å². The summed E-state index contributed by atoms with van der Waals surface area (Å²) in [5, 5.41) is 11.4. The van der Waals surface area contributed by atoms with Crippen LogP contribution in [-0.4, -0.2) is 16.4 Å². The number of nitro benzene ring substituents is 1. The number of benzene rings is 1. The molecule has 1 aromatic rings. The molecular weight excluding hydrogens is 320 g/mol. The zero-order valence-corrected chi connectivity index (χ0v) is 13.5. The Hall–Kier alpha value is -1.33. The van der Waals surface area contributed by atoms with Crippen molar-refractivity contribution >= 4 is 34.8 Å². The number of allylic oxidation sites excluding steroid dienone is 2. The maximum Gasteiger partial charge on any atom is 0.288 e. The number of rotatable bonds is 2. The molecule has 0 saturated heterocycles. The summed E-state index contributed by atoms with van der Waals surface area (Å²) in [6.45, 7) is 0. The summed E-state index contributed by atoms with van der Waals surface area (Å²) in [5.41, 5.74) is 3.52. The highest BCUT2D eigenvalue weighted by atomic mass is 35.5. The lowest BCUT2D eigenvalue weighted by molar-refractivity contribution is -0.384. The number of halogens is 1. The molecule has 1 saturated carbocycles. The normalized spacial score (nSPS) is 26.7. The molecule has 4 rings (SSSR count).